The van der Waals surface area contributed by atoms with Gasteiger partial charge in [0.15, 0.2) is 0 Å². The van der Waals surface area contributed by atoms with Gasteiger partial charge in [-0.15, -0.1) is 8.39 Å². The van der Waals surface area contributed by atoms with Crippen LogP contribution in [0.3, 0.4) is 0 Å². The van der Waals surface area contributed by atoms with Crippen molar-refractivity contribution in [1.29, 1.82) is 0 Å². The van der Waals surface area contributed by atoms with Gasteiger partial charge in [-0.25, -0.2) is 4.57 Å². The van der Waals surface area contributed by atoms with Crippen LogP contribution in [0.5, 0.6) is 5.75 Å². The zero-order valence-electron chi connectivity index (χ0n) is 6.59. The lowest BCUT2D eigenvalue weighted by molar-refractivity contribution is -0.384. The Morgan fingerprint density at radius 1 is 1.29 bits per heavy atom. The molecule has 0 fully saturated rings. The minimum absolute atomic E-state index is 0.259. The zero-order chi connectivity index (χ0) is 10.8. The van der Waals surface area contributed by atoms with Crippen molar-refractivity contribution in [1.82, 2.24) is 0 Å². The van der Waals surface area contributed by atoms with E-state index in [-0.39, 0.29) is 11.4 Å². The van der Waals surface area contributed by atoms with Gasteiger partial charge in [-0.05, 0) is 12.1 Å². The summed E-state index contributed by atoms with van der Waals surface area (Å²) >= 11 is 0. The molecule has 0 heterocycles. The predicted molar refractivity (Wildman–Crippen MR) is 43.5 cm³/mol. The van der Waals surface area contributed by atoms with E-state index in [2.05, 4.69) is 4.52 Å². The number of hydrogen-bond acceptors (Lipinski definition) is 4. The fourth-order valence-corrected chi connectivity index (χ4v) is 1.12. The smallest absolute Gasteiger partial charge is 0.398 e. The molecule has 0 aromatic heterocycles. The van der Waals surface area contributed by atoms with Crippen LogP contribution in [-0.4, -0.2) is 4.92 Å². The molecule has 14 heavy (non-hydrogen) atoms. The van der Waals surface area contributed by atoms with E-state index in [0.29, 0.717) is 0 Å². The fraction of sp³-hybridized carbons (Fsp3) is 0. The van der Waals surface area contributed by atoms with E-state index in [1.165, 1.54) is 0 Å². The zero-order valence-corrected chi connectivity index (χ0v) is 7.49. The van der Waals surface area contributed by atoms with Gasteiger partial charge in [0, 0.05) is 12.1 Å². The van der Waals surface area contributed by atoms with Crippen LogP contribution in [0.1, 0.15) is 0 Å². The van der Waals surface area contributed by atoms with Crippen molar-refractivity contribution in [3.8, 4) is 5.75 Å². The standard InChI is InChI=1S/C6H4F2NO4P/c7-14(8,12)13-6-3-1-5(2-4-6)9(10)11/h1-4H. The number of nitro groups is 1. The van der Waals surface area contributed by atoms with Crippen LogP contribution in [0.25, 0.3) is 0 Å². The summed E-state index contributed by atoms with van der Waals surface area (Å²) in [7, 11) is -5.60. The minimum Gasteiger partial charge on any atom is -0.398 e. The summed E-state index contributed by atoms with van der Waals surface area (Å²) in [5.41, 5.74) is -0.259. The molecule has 8 heteroatoms. The van der Waals surface area contributed by atoms with Crippen LogP contribution in [0.15, 0.2) is 24.3 Å². The number of rotatable bonds is 3. The highest BCUT2D eigenvalue weighted by molar-refractivity contribution is 7.48. The molecule has 0 N–H and O–H groups in total. The maximum atomic E-state index is 11.9. The molecule has 1 aromatic rings. The number of halogens is 2. The van der Waals surface area contributed by atoms with Crippen LogP contribution in [0, 0.1) is 10.1 Å². The summed E-state index contributed by atoms with van der Waals surface area (Å²) in [6.07, 6.45) is 0. The SMILES string of the molecule is O=[N+]([O-])c1ccc(OP(=O)(F)F)cc1. The van der Waals surface area contributed by atoms with Gasteiger partial charge in [-0.3, -0.25) is 10.1 Å². The number of benzene rings is 1. The molecule has 0 saturated heterocycles. The maximum absolute atomic E-state index is 11.9. The van der Waals surface area contributed by atoms with Crippen molar-refractivity contribution in [3.05, 3.63) is 34.4 Å². The van der Waals surface area contributed by atoms with Gasteiger partial charge in [-0.2, -0.15) is 0 Å². The average molecular weight is 223 g/mol. The molecular formula is C6H4F2NO4P. The van der Waals surface area contributed by atoms with E-state index in [4.69, 9.17) is 0 Å². The molecule has 0 aliphatic carbocycles. The lowest BCUT2D eigenvalue weighted by Gasteiger charge is -2.01. The first-order valence-corrected chi connectivity index (χ1v) is 4.72. The summed E-state index contributed by atoms with van der Waals surface area (Å²) in [5, 5.41) is 10.2. The number of nitro benzene ring substituents is 1. The first kappa shape index (κ1) is 10.6. The maximum Gasteiger partial charge on any atom is 0.610 e. The summed E-state index contributed by atoms with van der Waals surface area (Å²) in [4.78, 5) is 9.47. The Balaban J connectivity index is 2.84. The van der Waals surface area contributed by atoms with Crippen LogP contribution >= 0.6 is 7.99 Å². The molecule has 0 saturated carbocycles. The minimum atomic E-state index is -5.60. The van der Waals surface area contributed by atoms with Crippen LogP contribution in [0.2, 0.25) is 0 Å². The first-order valence-electron chi connectivity index (χ1n) is 3.32. The monoisotopic (exact) mass is 223 g/mol. The molecule has 0 unspecified atom stereocenters. The lowest BCUT2D eigenvalue weighted by Crippen LogP contribution is -1.88. The molecule has 0 atom stereocenters. The van der Waals surface area contributed by atoms with Crippen molar-refractivity contribution in [2.75, 3.05) is 0 Å². The van der Waals surface area contributed by atoms with E-state index in [1.807, 2.05) is 0 Å². The van der Waals surface area contributed by atoms with Gasteiger partial charge in [0.1, 0.15) is 5.75 Å². The molecule has 0 bridgehead atoms. The molecule has 1 aromatic carbocycles. The van der Waals surface area contributed by atoms with E-state index in [9.17, 15) is 23.1 Å². The Kier molecular flexibility index (Phi) is 2.81. The third-order valence-corrected chi connectivity index (χ3v) is 1.68. The van der Waals surface area contributed by atoms with Crippen molar-refractivity contribution in [3.63, 3.8) is 0 Å². The van der Waals surface area contributed by atoms with E-state index < -0.39 is 12.9 Å². The Morgan fingerprint density at radius 2 is 1.79 bits per heavy atom. The fourth-order valence-electron chi connectivity index (χ4n) is 0.751. The van der Waals surface area contributed by atoms with Crippen molar-refractivity contribution in [2.24, 2.45) is 0 Å². The van der Waals surface area contributed by atoms with Gasteiger partial charge in [0.25, 0.3) is 5.69 Å². The van der Waals surface area contributed by atoms with Gasteiger partial charge in [0.05, 0.1) is 4.92 Å². The van der Waals surface area contributed by atoms with Gasteiger partial charge < -0.3 is 4.52 Å². The second-order valence-electron chi connectivity index (χ2n) is 2.26. The molecule has 76 valence electrons. The van der Waals surface area contributed by atoms with Crippen LogP contribution in [-0.2, 0) is 4.57 Å². The predicted octanol–water partition coefficient (Wildman–Crippen LogP) is 3.02. The molecule has 0 aliphatic heterocycles. The van der Waals surface area contributed by atoms with E-state index in [1.54, 1.807) is 0 Å². The second-order valence-corrected chi connectivity index (χ2v) is 3.27. The molecule has 1 rings (SSSR count). The first-order chi connectivity index (χ1) is 6.38. The largest absolute Gasteiger partial charge is 0.610 e. The number of nitrogens with zero attached hydrogens (tertiary/aromatic N) is 1. The Morgan fingerprint density at radius 3 is 2.14 bits per heavy atom. The van der Waals surface area contributed by atoms with E-state index >= 15 is 0 Å². The molecule has 5 nitrogen and oxygen atoms in total. The molecule has 0 amide bonds. The summed E-state index contributed by atoms with van der Waals surface area (Å²) in [6, 6.07) is 3.85. The Hall–Kier alpha value is -1.49. The topological polar surface area (TPSA) is 69.4 Å². The van der Waals surface area contributed by atoms with Crippen molar-refractivity contribution >= 4 is 13.7 Å². The van der Waals surface area contributed by atoms with Crippen molar-refractivity contribution in [2.45, 2.75) is 0 Å². The highest BCUT2D eigenvalue weighted by Crippen LogP contribution is 2.50. The number of non-ortho nitro benzene ring substituents is 1. The lowest BCUT2D eigenvalue weighted by atomic mass is 10.3. The molecule has 0 radical (unpaired) electrons. The van der Waals surface area contributed by atoms with Gasteiger partial charge in [0.2, 0.25) is 0 Å². The summed E-state index contributed by atoms with van der Waals surface area (Å²) in [6.45, 7) is 0. The Bertz CT molecular complexity index is 387. The highest BCUT2D eigenvalue weighted by atomic mass is 31.2. The third-order valence-electron chi connectivity index (χ3n) is 1.26. The van der Waals surface area contributed by atoms with Crippen LogP contribution < -0.4 is 4.52 Å². The summed E-state index contributed by atoms with van der Waals surface area (Å²) < 4.78 is 37.4. The Labute approximate surface area is 77.1 Å². The third kappa shape index (κ3) is 3.10. The normalized spacial score (nSPS) is 11.0. The van der Waals surface area contributed by atoms with Gasteiger partial charge >= 0.3 is 7.99 Å². The van der Waals surface area contributed by atoms with Crippen LogP contribution in [0.4, 0.5) is 14.1 Å². The summed E-state index contributed by atoms with van der Waals surface area (Å²) in [5.74, 6) is -0.371. The molecular weight excluding hydrogens is 219 g/mol. The molecule has 0 aliphatic rings. The average Bonchev–Trinajstić information content (AvgIpc) is 2.02. The highest BCUT2D eigenvalue weighted by Gasteiger charge is 2.22. The number of hydrogen-bond donors (Lipinski definition) is 0. The van der Waals surface area contributed by atoms with Crippen molar-refractivity contribution < 1.29 is 22.4 Å². The second kappa shape index (κ2) is 3.71. The molecule has 0 spiro atoms. The van der Waals surface area contributed by atoms with E-state index in [0.717, 1.165) is 24.3 Å². The quantitative estimate of drug-likeness (QED) is 0.448. The van der Waals surface area contributed by atoms with Gasteiger partial charge in [-0.1, -0.05) is 0 Å².